The van der Waals surface area contributed by atoms with E-state index in [1.165, 1.54) is 0 Å². The Morgan fingerprint density at radius 1 is 0.769 bits per heavy atom. The largest absolute Gasteiger partial charge is 0.455 e. The molecular formula is C23H18N2O. The molecule has 5 rings (SSSR count). The Morgan fingerprint density at radius 3 is 2.38 bits per heavy atom. The van der Waals surface area contributed by atoms with Crippen LogP contribution in [0, 0.1) is 20.8 Å². The molecule has 0 unspecified atom stereocenters. The molecular weight excluding hydrogens is 320 g/mol. The molecule has 126 valence electrons. The van der Waals surface area contributed by atoms with E-state index in [1.54, 1.807) is 0 Å². The average Bonchev–Trinajstić information content (AvgIpc) is 3.02. The topological polar surface area (TPSA) is 38.9 Å². The van der Waals surface area contributed by atoms with Crippen molar-refractivity contribution in [1.29, 1.82) is 0 Å². The summed E-state index contributed by atoms with van der Waals surface area (Å²) in [6.45, 7) is 6.12. The second-order valence-electron chi connectivity index (χ2n) is 6.89. The highest BCUT2D eigenvalue weighted by molar-refractivity contribution is 6.17. The molecule has 3 heteroatoms. The molecule has 26 heavy (non-hydrogen) atoms. The molecule has 3 aromatic heterocycles. The fourth-order valence-corrected chi connectivity index (χ4v) is 3.74. The van der Waals surface area contributed by atoms with Crippen molar-refractivity contribution in [1.82, 2.24) is 9.97 Å². The number of nitrogens with zero attached hydrogens (tertiary/aromatic N) is 2. The van der Waals surface area contributed by atoms with Crippen molar-refractivity contribution in [3.05, 3.63) is 71.7 Å². The summed E-state index contributed by atoms with van der Waals surface area (Å²) in [6.07, 6.45) is 1.89. The number of pyridine rings is 2. The number of benzene rings is 2. The minimum Gasteiger partial charge on any atom is -0.455 e. The number of aromatic nitrogens is 2. The summed E-state index contributed by atoms with van der Waals surface area (Å²) in [4.78, 5) is 9.17. The van der Waals surface area contributed by atoms with Gasteiger partial charge in [0.2, 0.25) is 0 Å². The Bertz CT molecular complexity index is 1300. The van der Waals surface area contributed by atoms with Crippen LogP contribution >= 0.6 is 0 Å². The number of para-hydroxylation sites is 1. The van der Waals surface area contributed by atoms with Gasteiger partial charge in [-0.1, -0.05) is 24.3 Å². The number of hydrogen-bond donors (Lipinski definition) is 0. The third-order valence-electron chi connectivity index (χ3n) is 4.98. The molecule has 0 fully saturated rings. The van der Waals surface area contributed by atoms with Crippen LogP contribution in [0.5, 0.6) is 0 Å². The van der Waals surface area contributed by atoms with Gasteiger partial charge in [-0.15, -0.1) is 0 Å². The molecule has 0 aliphatic carbocycles. The van der Waals surface area contributed by atoms with Crippen LogP contribution in [-0.2, 0) is 0 Å². The van der Waals surface area contributed by atoms with Gasteiger partial charge in [0.1, 0.15) is 11.2 Å². The van der Waals surface area contributed by atoms with Crippen LogP contribution in [0.15, 0.2) is 59.1 Å². The summed E-state index contributed by atoms with van der Waals surface area (Å²) in [5, 5.41) is 4.50. The fourth-order valence-electron chi connectivity index (χ4n) is 3.74. The van der Waals surface area contributed by atoms with E-state index in [-0.39, 0.29) is 0 Å². The van der Waals surface area contributed by atoms with Gasteiger partial charge in [-0.3, -0.25) is 9.97 Å². The molecule has 2 aromatic carbocycles. The first-order chi connectivity index (χ1) is 12.6. The summed E-state index contributed by atoms with van der Waals surface area (Å²) in [7, 11) is 0. The molecule has 0 saturated carbocycles. The number of fused-ring (bicyclic) bond motifs is 5. The maximum atomic E-state index is 6.42. The number of aryl methyl sites for hydroxylation is 3. The van der Waals surface area contributed by atoms with Crippen molar-refractivity contribution in [2.75, 3.05) is 0 Å². The van der Waals surface area contributed by atoms with Gasteiger partial charge in [0.05, 0.1) is 5.69 Å². The summed E-state index contributed by atoms with van der Waals surface area (Å²) in [5.74, 6) is 0. The molecule has 0 bridgehead atoms. The normalized spacial score (nSPS) is 11.7. The van der Waals surface area contributed by atoms with Crippen molar-refractivity contribution in [2.24, 2.45) is 0 Å². The van der Waals surface area contributed by atoms with Crippen molar-refractivity contribution in [2.45, 2.75) is 20.8 Å². The molecule has 3 heterocycles. The number of hydrogen-bond acceptors (Lipinski definition) is 3. The first kappa shape index (κ1) is 15.1. The second-order valence-corrected chi connectivity index (χ2v) is 6.89. The molecule has 0 atom stereocenters. The van der Waals surface area contributed by atoms with Crippen molar-refractivity contribution >= 4 is 32.7 Å². The zero-order valence-corrected chi connectivity index (χ0v) is 15.0. The molecule has 0 aliphatic heterocycles. The van der Waals surface area contributed by atoms with Gasteiger partial charge < -0.3 is 4.42 Å². The molecule has 5 aromatic rings. The number of rotatable bonds is 1. The van der Waals surface area contributed by atoms with E-state index in [9.17, 15) is 0 Å². The highest BCUT2D eigenvalue weighted by Gasteiger charge is 2.15. The predicted molar refractivity (Wildman–Crippen MR) is 106 cm³/mol. The molecule has 3 nitrogen and oxygen atoms in total. The Hall–Kier alpha value is -3.20. The lowest BCUT2D eigenvalue weighted by atomic mass is 10.0. The van der Waals surface area contributed by atoms with Crippen LogP contribution in [0.2, 0.25) is 0 Å². The zero-order valence-electron chi connectivity index (χ0n) is 15.0. The van der Waals surface area contributed by atoms with Gasteiger partial charge in [-0.2, -0.15) is 0 Å². The Labute approximate surface area is 151 Å². The fraction of sp³-hybridized carbons (Fsp3) is 0.130. The highest BCUT2D eigenvalue weighted by Crippen LogP contribution is 2.38. The van der Waals surface area contributed by atoms with Gasteiger partial charge >= 0.3 is 0 Å². The third kappa shape index (κ3) is 2.14. The highest BCUT2D eigenvalue weighted by atomic mass is 16.3. The van der Waals surface area contributed by atoms with E-state index >= 15 is 0 Å². The van der Waals surface area contributed by atoms with Crippen LogP contribution in [0.1, 0.15) is 17.0 Å². The minimum atomic E-state index is 0.887. The van der Waals surface area contributed by atoms with E-state index in [0.29, 0.717) is 0 Å². The molecule has 0 aliphatic rings. The van der Waals surface area contributed by atoms with Crippen LogP contribution in [0.25, 0.3) is 44.0 Å². The Balaban J connectivity index is 1.90. The van der Waals surface area contributed by atoms with Gasteiger partial charge in [0.25, 0.3) is 0 Å². The van der Waals surface area contributed by atoms with E-state index in [1.807, 2.05) is 33.0 Å². The van der Waals surface area contributed by atoms with E-state index in [2.05, 4.69) is 52.4 Å². The molecule has 0 amide bonds. The maximum Gasteiger partial charge on any atom is 0.144 e. The standard InChI is InChI=1S/C23H18N2O/c1-13-7-10-21(24-12-13)19-6-4-5-17-18-9-8-16-15(3)25-14(2)11-20(16)23(18)26-22(17)19/h4-12H,1-3H3. The quantitative estimate of drug-likeness (QED) is 0.369. The van der Waals surface area contributed by atoms with Gasteiger partial charge in [0, 0.05) is 44.7 Å². The summed E-state index contributed by atoms with van der Waals surface area (Å²) < 4.78 is 6.42. The van der Waals surface area contributed by atoms with E-state index in [4.69, 9.17) is 4.42 Å². The number of furan rings is 1. The Kier molecular flexibility index (Phi) is 3.13. The smallest absolute Gasteiger partial charge is 0.144 e. The van der Waals surface area contributed by atoms with Crippen LogP contribution in [-0.4, -0.2) is 9.97 Å². The first-order valence-corrected chi connectivity index (χ1v) is 8.77. The molecule has 0 spiro atoms. The monoisotopic (exact) mass is 338 g/mol. The van der Waals surface area contributed by atoms with Gasteiger partial charge in [0.15, 0.2) is 0 Å². The SMILES string of the molecule is Cc1ccc(-c2cccc3c2oc2c4cc(C)nc(C)c4ccc32)nc1. The third-order valence-corrected chi connectivity index (χ3v) is 4.98. The Morgan fingerprint density at radius 2 is 1.58 bits per heavy atom. The average molecular weight is 338 g/mol. The second kappa shape index (κ2) is 5.40. The predicted octanol–water partition coefficient (Wildman–Crippen LogP) is 6.12. The molecule has 0 N–H and O–H groups in total. The lowest BCUT2D eigenvalue weighted by molar-refractivity contribution is 0.673. The maximum absolute atomic E-state index is 6.42. The lowest BCUT2D eigenvalue weighted by Crippen LogP contribution is -1.88. The van der Waals surface area contributed by atoms with Gasteiger partial charge in [-0.05, 0) is 50.6 Å². The van der Waals surface area contributed by atoms with Gasteiger partial charge in [-0.25, -0.2) is 0 Å². The van der Waals surface area contributed by atoms with Crippen molar-refractivity contribution in [3.63, 3.8) is 0 Å². The molecule has 0 radical (unpaired) electrons. The zero-order chi connectivity index (χ0) is 17.8. The summed E-state index contributed by atoms with van der Waals surface area (Å²) in [5.41, 5.74) is 6.94. The molecule has 0 saturated heterocycles. The first-order valence-electron chi connectivity index (χ1n) is 8.77. The van der Waals surface area contributed by atoms with E-state index < -0.39 is 0 Å². The van der Waals surface area contributed by atoms with Crippen molar-refractivity contribution in [3.8, 4) is 11.3 Å². The van der Waals surface area contributed by atoms with Crippen LogP contribution < -0.4 is 0 Å². The van der Waals surface area contributed by atoms with Crippen molar-refractivity contribution < 1.29 is 4.42 Å². The van der Waals surface area contributed by atoms with Crippen LogP contribution in [0.4, 0.5) is 0 Å². The summed E-state index contributed by atoms with van der Waals surface area (Å²) in [6, 6.07) is 16.8. The lowest BCUT2D eigenvalue weighted by Gasteiger charge is -2.03. The summed E-state index contributed by atoms with van der Waals surface area (Å²) >= 11 is 0. The van der Waals surface area contributed by atoms with E-state index in [0.717, 1.165) is 60.9 Å². The van der Waals surface area contributed by atoms with Crippen LogP contribution in [0.3, 0.4) is 0 Å². The minimum absolute atomic E-state index is 0.887.